The van der Waals surface area contributed by atoms with Gasteiger partial charge in [0, 0.05) is 29.6 Å². The highest BCUT2D eigenvalue weighted by Gasteiger charge is 2.29. The maximum Gasteiger partial charge on any atom is 0.259 e. The topological polar surface area (TPSA) is 61.8 Å². The number of aryl methyl sites for hydroxylation is 1. The Hall–Kier alpha value is -2.95. The molecule has 0 aliphatic carbocycles. The Morgan fingerprint density at radius 3 is 2.76 bits per heavy atom. The van der Waals surface area contributed by atoms with Gasteiger partial charge in [0.05, 0.1) is 12.2 Å². The number of aliphatic imine (C=N–C) groups is 1. The minimum absolute atomic E-state index is 0.0475. The Labute approximate surface area is 147 Å². The molecule has 0 saturated carbocycles. The average Bonchev–Trinajstić information content (AvgIpc) is 2.93. The molecule has 0 atom stereocenters. The first kappa shape index (κ1) is 16.9. The van der Waals surface area contributed by atoms with Crippen LogP contribution in [0.5, 0.6) is 0 Å². The molecule has 128 valence electrons. The molecular formula is C20H21N3O2. The normalized spacial score (nSPS) is 13.4. The van der Waals surface area contributed by atoms with E-state index in [1.807, 2.05) is 44.2 Å². The number of nitrogens with one attached hydrogen (secondary N) is 1. The second-order valence-corrected chi connectivity index (χ2v) is 6.02. The molecule has 0 spiro atoms. The van der Waals surface area contributed by atoms with Crippen molar-refractivity contribution < 1.29 is 9.59 Å². The molecule has 1 heterocycles. The molecule has 25 heavy (non-hydrogen) atoms. The van der Waals surface area contributed by atoms with Crippen LogP contribution in [0.2, 0.25) is 0 Å². The quantitative estimate of drug-likeness (QED) is 0.850. The Morgan fingerprint density at radius 2 is 2.08 bits per heavy atom. The van der Waals surface area contributed by atoms with Gasteiger partial charge >= 0.3 is 0 Å². The molecule has 5 nitrogen and oxygen atoms in total. The molecule has 1 aliphatic heterocycles. The van der Waals surface area contributed by atoms with Crippen molar-refractivity contribution in [1.29, 1.82) is 0 Å². The fraction of sp³-hybridized carbons (Fsp3) is 0.250. The van der Waals surface area contributed by atoms with Crippen LogP contribution in [-0.2, 0) is 11.3 Å². The summed E-state index contributed by atoms with van der Waals surface area (Å²) in [6, 6.07) is 11.3. The number of carbonyl (C=O) groups excluding carboxylic acids is 2. The summed E-state index contributed by atoms with van der Waals surface area (Å²) in [6.07, 6.45) is 2.16. The van der Waals surface area contributed by atoms with Gasteiger partial charge in [0.2, 0.25) is 5.91 Å². The first-order valence-electron chi connectivity index (χ1n) is 8.37. The molecule has 0 radical (unpaired) electrons. The van der Waals surface area contributed by atoms with Crippen LogP contribution in [0.1, 0.15) is 41.8 Å². The van der Waals surface area contributed by atoms with Crippen molar-refractivity contribution in [3.8, 4) is 0 Å². The number of nitrogens with zero attached hydrogens (tertiary/aromatic N) is 2. The number of rotatable bonds is 4. The van der Waals surface area contributed by atoms with Gasteiger partial charge in [-0.3, -0.25) is 14.6 Å². The molecule has 2 aromatic rings. The van der Waals surface area contributed by atoms with E-state index in [1.54, 1.807) is 24.1 Å². The zero-order valence-electron chi connectivity index (χ0n) is 14.7. The van der Waals surface area contributed by atoms with Crippen LogP contribution in [0.25, 0.3) is 0 Å². The summed E-state index contributed by atoms with van der Waals surface area (Å²) in [5, 5.41) is 2.80. The lowest BCUT2D eigenvalue weighted by Crippen LogP contribution is -2.23. The minimum atomic E-state index is -0.0649. The van der Waals surface area contributed by atoms with Crippen LogP contribution in [0, 0.1) is 6.92 Å². The predicted molar refractivity (Wildman–Crippen MR) is 101 cm³/mol. The Bertz CT molecular complexity index is 871. The summed E-state index contributed by atoms with van der Waals surface area (Å²) in [4.78, 5) is 30.4. The van der Waals surface area contributed by atoms with Crippen LogP contribution in [0.4, 0.5) is 17.1 Å². The second kappa shape index (κ2) is 6.89. The summed E-state index contributed by atoms with van der Waals surface area (Å²) in [5.74, 6) is -0.112. The molecule has 1 N–H and O–H groups in total. The highest BCUT2D eigenvalue weighted by Crippen LogP contribution is 2.32. The van der Waals surface area contributed by atoms with Crippen LogP contribution >= 0.6 is 0 Å². The van der Waals surface area contributed by atoms with E-state index in [4.69, 9.17) is 0 Å². The van der Waals surface area contributed by atoms with Crippen molar-refractivity contribution in [2.75, 3.05) is 10.2 Å². The SMILES string of the molecule is CC=Nc1ccc(N2Cc3ccc(NC(=O)CC)cc3C2=O)cc1C. The van der Waals surface area contributed by atoms with Gasteiger partial charge in [0.25, 0.3) is 5.91 Å². The van der Waals surface area contributed by atoms with E-state index >= 15 is 0 Å². The van der Waals surface area contributed by atoms with Gasteiger partial charge in [-0.15, -0.1) is 0 Å². The average molecular weight is 335 g/mol. The molecule has 2 amide bonds. The van der Waals surface area contributed by atoms with Crippen molar-refractivity contribution in [3.05, 3.63) is 53.1 Å². The van der Waals surface area contributed by atoms with Gasteiger partial charge in [-0.1, -0.05) is 13.0 Å². The highest BCUT2D eigenvalue weighted by atomic mass is 16.2. The number of hydrogen-bond donors (Lipinski definition) is 1. The number of amides is 2. The maximum atomic E-state index is 12.8. The molecule has 0 fully saturated rings. The summed E-state index contributed by atoms with van der Waals surface area (Å²) in [6.45, 7) is 6.19. The third-order valence-corrected chi connectivity index (χ3v) is 4.28. The number of benzene rings is 2. The van der Waals surface area contributed by atoms with Crippen LogP contribution in [-0.4, -0.2) is 18.0 Å². The van der Waals surface area contributed by atoms with Crippen molar-refractivity contribution >= 4 is 35.1 Å². The predicted octanol–water partition coefficient (Wildman–Crippen LogP) is 4.23. The van der Waals surface area contributed by atoms with E-state index in [0.717, 1.165) is 22.5 Å². The first-order chi connectivity index (χ1) is 12.0. The van der Waals surface area contributed by atoms with E-state index in [1.165, 1.54) is 0 Å². The van der Waals surface area contributed by atoms with Crippen LogP contribution < -0.4 is 10.2 Å². The zero-order chi connectivity index (χ0) is 18.0. The van der Waals surface area contributed by atoms with E-state index in [9.17, 15) is 9.59 Å². The first-order valence-corrected chi connectivity index (χ1v) is 8.37. The highest BCUT2D eigenvalue weighted by molar-refractivity contribution is 6.11. The standard InChI is InChI=1S/C20H21N3O2/c1-4-19(24)22-15-7-6-14-12-23(20(25)17(14)11-15)16-8-9-18(21-5-2)13(3)10-16/h5-11H,4,12H2,1-3H3,(H,22,24). The molecule has 1 aliphatic rings. The molecule has 0 unspecified atom stereocenters. The van der Waals surface area contributed by atoms with Gasteiger partial charge < -0.3 is 10.2 Å². The molecule has 0 aromatic heterocycles. The lowest BCUT2D eigenvalue weighted by atomic mass is 10.1. The van der Waals surface area contributed by atoms with Crippen molar-refractivity contribution in [2.24, 2.45) is 4.99 Å². The van der Waals surface area contributed by atoms with Gasteiger partial charge in [-0.05, 0) is 55.3 Å². The number of hydrogen-bond acceptors (Lipinski definition) is 3. The molecule has 3 rings (SSSR count). The second-order valence-electron chi connectivity index (χ2n) is 6.02. The smallest absolute Gasteiger partial charge is 0.259 e. The van der Waals surface area contributed by atoms with E-state index < -0.39 is 0 Å². The molecule has 5 heteroatoms. The van der Waals surface area contributed by atoms with Gasteiger partial charge in [0.15, 0.2) is 0 Å². The van der Waals surface area contributed by atoms with Crippen LogP contribution in [0.15, 0.2) is 41.4 Å². The van der Waals surface area contributed by atoms with Gasteiger partial charge in [-0.25, -0.2) is 0 Å². The van der Waals surface area contributed by atoms with E-state index in [2.05, 4.69) is 10.3 Å². The fourth-order valence-corrected chi connectivity index (χ4v) is 2.93. The lowest BCUT2D eigenvalue weighted by molar-refractivity contribution is -0.115. The van der Waals surface area contributed by atoms with Crippen molar-refractivity contribution in [1.82, 2.24) is 0 Å². The number of fused-ring (bicyclic) bond motifs is 1. The largest absolute Gasteiger partial charge is 0.326 e. The maximum absolute atomic E-state index is 12.8. The number of anilines is 2. The third kappa shape index (κ3) is 3.31. The summed E-state index contributed by atoms with van der Waals surface area (Å²) in [7, 11) is 0. The Morgan fingerprint density at radius 1 is 1.28 bits per heavy atom. The lowest BCUT2D eigenvalue weighted by Gasteiger charge is -2.17. The van der Waals surface area contributed by atoms with Crippen molar-refractivity contribution in [2.45, 2.75) is 33.7 Å². The third-order valence-electron chi connectivity index (χ3n) is 4.28. The molecule has 0 saturated heterocycles. The van der Waals surface area contributed by atoms with E-state index in [0.29, 0.717) is 24.2 Å². The van der Waals surface area contributed by atoms with Gasteiger partial charge in [-0.2, -0.15) is 0 Å². The minimum Gasteiger partial charge on any atom is -0.326 e. The van der Waals surface area contributed by atoms with Crippen molar-refractivity contribution in [3.63, 3.8) is 0 Å². The summed E-state index contributed by atoms with van der Waals surface area (Å²) < 4.78 is 0. The fourth-order valence-electron chi connectivity index (χ4n) is 2.93. The molecule has 2 aromatic carbocycles. The molecular weight excluding hydrogens is 314 g/mol. The van der Waals surface area contributed by atoms with E-state index in [-0.39, 0.29) is 11.8 Å². The zero-order valence-corrected chi connectivity index (χ0v) is 14.7. The summed E-state index contributed by atoms with van der Waals surface area (Å²) in [5.41, 5.74) is 5.04. The van der Waals surface area contributed by atoms with Crippen LogP contribution in [0.3, 0.4) is 0 Å². The molecule has 0 bridgehead atoms. The number of carbonyl (C=O) groups is 2. The van der Waals surface area contributed by atoms with Gasteiger partial charge in [0.1, 0.15) is 0 Å². The monoisotopic (exact) mass is 335 g/mol. The Balaban J connectivity index is 1.87. The Kier molecular flexibility index (Phi) is 4.65. The summed E-state index contributed by atoms with van der Waals surface area (Å²) >= 11 is 0.